The molecule has 7 heteroatoms. The van der Waals surface area contributed by atoms with E-state index in [1.54, 1.807) is 12.1 Å². The molecule has 0 fully saturated rings. The van der Waals surface area contributed by atoms with Crippen LogP contribution in [0.1, 0.15) is 75.0 Å². The largest absolute Gasteiger partial charge is 0.508 e. The Morgan fingerprint density at radius 3 is 2.32 bits per heavy atom. The maximum absolute atomic E-state index is 14.1. The fourth-order valence-corrected chi connectivity index (χ4v) is 5.11. The highest BCUT2D eigenvalue weighted by molar-refractivity contribution is 6.10. The van der Waals surface area contributed by atoms with Gasteiger partial charge >= 0.3 is 5.79 Å². The Labute approximate surface area is 216 Å². The molecule has 194 valence electrons. The fourth-order valence-electron chi connectivity index (χ4n) is 5.11. The van der Waals surface area contributed by atoms with Gasteiger partial charge in [-0.1, -0.05) is 23.3 Å². The minimum Gasteiger partial charge on any atom is -0.508 e. The van der Waals surface area contributed by atoms with Crippen molar-refractivity contribution < 1.29 is 34.3 Å². The maximum Gasteiger partial charge on any atom is 0.318 e. The SMILES string of the molecule is CC(C)=CCc1c(O)ccc2c1O[C@@]1(O)C(=O)c3c(O)cc4c(c3O[C@@]21CC=C(C)C)C=CC(C)(C)O4. The van der Waals surface area contributed by atoms with E-state index in [-0.39, 0.29) is 35.0 Å². The van der Waals surface area contributed by atoms with E-state index in [0.717, 1.165) is 11.1 Å². The second kappa shape index (κ2) is 8.15. The Hall–Kier alpha value is -3.71. The number of allylic oxidation sites excluding steroid dienone is 3. The Morgan fingerprint density at radius 1 is 0.946 bits per heavy atom. The van der Waals surface area contributed by atoms with E-state index in [1.807, 2.05) is 59.8 Å². The number of carbonyl (C=O) groups is 1. The van der Waals surface area contributed by atoms with E-state index < -0.39 is 22.8 Å². The molecule has 3 N–H and O–H groups in total. The topological polar surface area (TPSA) is 105 Å². The first-order valence-corrected chi connectivity index (χ1v) is 12.3. The van der Waals surface area contributed by atoms with E-state index in [0.29, 0.717) is 28.9 Å². The molecule has 0 bridgehead atoms. The van der Waals surface area contributed by atoms with E-state index in [2.05, 4.69) is 0 Å². The molecule has 0 aromatic heterocycles. The van der Waals surface area contributed by atoms with Gasteiger partial charge in [-0.15, -0.1) is 0 Å². The minimum absolute atomic E-state index is 0.0142. The van der Waals surface area contributed by atoms with Crippen LogP contribution in [0, 0.1) is 0 Å². The van der Waals surface area contributed by atoms with Gasteiger partial charge in [0.2, 0.25) is 11.4 Å². The van der Waals surface area contributed by atoms with E-state index in [9.17, 15) is 20.1 Å². The minimum atomic E-state index is -2.48. The van der Waals surface area contributed by atoms with Gasteiger partial charge in [0.1, 0.15) is 39.9 Å². The van der Waals surface area contributed by atoms with Crippen LogP contribution in [0.3, 0.4) is 0 Å². The number of aliphatic hydroxyl groups is 1. The summed E-state index contributed by atoms with van der Waals surface area (Å²) in [5.41, 5.74) is 0.914. The summed E-state index contributed by atoms with van der Waals surface area (Å²) in [7, 11) is 0. The van der Waals surface area contributed by atoms with Crippen molar-refractivity contribution in [3.8, 4) is 28.7 Å². The Bertz CT molecular complexity index is 1420. The number of carbonyl (C=O) groups excluding carboxylic acids is 1. The molecule has 2 atom stereocenters. The number of Topliss-reactive ketones (excluding diaryl/α,β-unsaturated/α-hetero) is 1. The molecule has 2 aromatic carbocycles. The number of hydrogen-bond donors (Lipinski definition) is 3. The molecule has 7 nitrogen and oxygen atoms in total. The second-order valence-electron chi connectivity index (χ2n) is 11.0. The molecule has 0 spiro atoms. The lowest BCUT2D eigenvalue weighted by molar-refractivity contribution is -0.202. The zero-order valence-corrected chi connectivity index (χ0v) is 21.9. The zero-order chi connectivity index (χ0) is 26.9. The van der Waals surface area contributed by atoms with Crippen molar-refractivity contribution in [3.05, 3.63) is 69.8 Å². The number of rotatable bonds is 4. The summed E-state index contributed by atoms with van der Waals surface area (Å²) in [6.07, 6.45) is 7.89. The van der Waals surface area contributed by atoms with Crippen LogP contribution in [-0.2, 0) is 12.0 Å². The van der Waals surface area contributed by atoms with Crippen LogP contribution >= 0.6 is 0 Å². The molecular weight excluding hydrogens is 472 g/mol. The molecule has 0 radical (unpaired) electrons. The normalized spacial score (nSPS) is 23.9. The van der Waals surface area contributed by atoms with Crippen LogP contribution in [-0.4, -0.2) is 32.5 Å². The number of aromatic hydroxyl groups is 2. The maximum atomic E-state index is 14.1. The summed E-state index contributed by atoms with van der Waals surface area (Å²) >= 11 is 0. The third-order valence-electron chi connectivity index (χ3n) is 7.08. The fraction of sp³-hybridized carbons (Fsp3) is 0.367. The van der Waals surface area contributed by atoms with Crippen LogP contribution < -0.4 is 14.2 Å². The lowest BCUT2D eigenvalue weighted by atomic mass is 9.76. The molecule has 0 saturated carbocycles. The van der Waals surface area contributed by atoms with Crippen molar-refractivity contribution in [2.75, 3.05) is 0 Å². The molecule has 3 aliphatic heterocycles. The quantitative estimate of drug-likeness (QED) is 0.459. The van der Waals surface area contributed by atoms with Crippen molar-refractivity contribution in [3.63, 3.8) is 0 Å². The number of phenolic OH excluding ortho intramolecular Hbond substituents is 2. The molecule has 0 amide bonds. The highest BCUT2D eigenvalue weighted by Gasteiger charge is 2.70. The summed E-state index contributed by atoms with van der Waals surface area (Å²) in [6, 6.07) is 4.51. The molecule has 0 aliphatic carbocycles. The van der Waals surface area contributed by atoms with Crippen molar-refractivity contribution in [2.24, 2.45) is 0 Å². The summed E-state index contributed by atoms with van der Waals surface area (Å²) in [5.74, 6) is -3.00. The van der Waals surface area contributed by atoms with E-state index in [4.69, 9.17) is 14.2 Å². The monoisotopic (exact) mass is 504 g/mol. The number of fused-ring (bicyclic) bond motifs is 6. The number of ether oxygens (including phenoxy) is 3. The summed E-state index contributed by atoms with van der Waals surface area (Å²) in [5, 5.41) is 33.7. The Morgan fingerprint density at radius 2 is 1.65 bits per heavy atom. The van der Waals surface area contributed by atoms with Crippen molar-refractivity contribution in [2.45, 2.75) is 71.4 Å². The third-order valence-corrected chi connectivity index (χ3v) is 7.08. The lowest BCUT2D eigenvalue weighted by Crippen LogP contribution is -2.62. The number of benzene rings is 2. The summed E-state index contributed by atoms with van der Waals surface area (Å²) in [6.45, 7) is 11.5. The van der Waals surface area contributed by atoms with Crippen LogP contribution in [0.5, 0.6) is 28.7 Å². The van der Waals surface area contributed by atoms with Gasteiger partial charge in [-0.2, -0.15) is 0 Å². The van der Waals surface area contributed by atoms with Gasteiger partial charge in [-0.05, 0) is 72.2 Å². The smallest absolute Gasteiger partial charge is 0.318 e. The van der Waals surface area contributed by atoms with Gasteiger partial charge in [0.15, 0.2) is 0 Å². The highest BCUT2D eigenvalue weighted by Crippen LogP contribution is 2.60. The summed E-state index contributed by atoms with van der Waals surface area (Å²) in [4.78, 5) is 14.1. The van der Waals surface area contributed by atoms with Gasteiger partial charge in [0.25, 0.3) is 0 Å². The van der Waals surface area contributed by atoms with Gasteiger partial charge in [0.05, 0.1) is 5.56 Å². The first kappa shape index (κ1) is 25.0. The first-order chi connectivity index (χ1) is 17.3. The first-order valence-electron chi connectivity index (χ1n) is 12.3. The predicted molar refractivity (Wildman–Crippen MR) is 139 cm³/mol. The van der Waals surface area contributed by atoms with Crippen molar-refractivity contribution in [1.82, 2.24) is 0 Å². The van der Waals surface area contributed by atoms with E-state index >= 15 is 0 Å². The average molecular weight is 505 g/mol. The highest BCUT2D eigenvalue weighted by atomic mass is 16.7. The molecule has 0 saturated heterocycles. The van der Waals surface area contributed by atoms with Crippen molar-refractivity contribution >= 4 is 11.9 Å². The molecule has 0 unspecified atom stereocenters. The third kappa shape index (κ3) is 3.63. The lowest BCUT2D eigenvalue weighted by Gasteiger charge is -2.44. The zero-order valence-electron chi connectivity index (χ0n) is 21.9. The van der Waals surface area contributed by atoms with Crippen LogP contribution in [0.25, 0.3) is 6.08 Å². The van der Waals surface area contributed by atoms with Gasteiger partial charge < -0.3 is 29.5 Å². The standard InChI is InChI=1S/C30H32O7/c1-16(2)7-8-18-21(31)10-9-20-25(18)37-30(34)27(33)24-22(32)15-23-19(12-13-28(5,6)35-23)26(24)36-29(20,30)14-11-17(3)4/h7,9-13,15,31-32,34H,8,14H2,1-6H3/t29-,30-/m0/s1. The van der Waals surface area contributed by atoms with Crippen LogP contribution in [0.4, 0.5) is 0 Å². The number of hydrogen-bond acceptors (Lipinski definition) is 7. The molecule has 3 heterocycles. The molecular formula is C30H32O7. The molecule has 3 aliphatic rings. The van der Waals surface area contributed by atoms with Gasteiger partial charge in [-0.3, -0.25) is 4.79 Å². The number of ketones is 1. The molecule has 2 aromatic rings. The average Bonchev–Trinajstić information content (AvgIpc) is 3.05. The second-order valence-corrected chi connectivity index (χ2v) is 11.0. The van der Waals surface area contributed by atoms with E-state index in [1.165, 1.54) is 12.1 Å². The van der Waals surface area contributed by atoms with Gasteiger partial charge in [-0.25, -0.2) is 0 Å². The molecule has 37 heavy (non-hydrogen) atoms. The predicted octanol–water partition coefficient (Wildman–Crippen LogP) is 5.70. The summed E-state index contributed by atoms with van der Waals surface area (Å²) < 4.78 is 18.8. The van der Waals surface area contributed by atoms with Crippen molar-refractivity contribution in [1.29, 1.82) is 0 Å². The molecule has 5 rings (SSSR count). The number of phenols is 2. The Kier molecular flexibility index (Phi) is 5.50. The Balaban J connectivity index is 1.79. The van der Waals surface area contributed by atoms with Crippen LogP contribution in [0.15, 0.2) is 47.6 Å². The van der Waals surface area contributed by atoms with Crippen LogP contribution in [0.2, 0.25) is 0 Å². The van der Waals surface area contributed by atoms with Gasteiger partial charge in [0, 0.05) is 23.6 Å².